The van der Waals surface area contributed by atoms with Crippen molar-refractivity contribution in [3.05, 3.63) is 81.5 Å². The molecule has 1 amide bonds. The zero-order valence-electron chi connectivity index (χ0n) is 17.6. The molecule has 0 radical (unpaired) electrons. The van der Waals surface area contributed by atoms with Crippen LogP contribution in [0.3, 0.4) is 0 Å². The third kappa shape index (κ3) is 4.43. The van der Waals surface area contributed by atoms with Crippen LogP contribution >= 0.6 is 23.1 Å². The second-order valence-electron chi connectivity index (χ2n) is 7.39. The number of nitrogens with zero attached hydrogens (tertiary/aromatic N) is 2. The van der Waals surface area contributed by atoms with Crippen LogP contribution in [0.4, 0.5) is 0 Å². The highest BCUT2D eigenvalue weighted by Crippen LogP contribution is 2.31. The van der Waals surface area contributed by atoms with E-state index in [1.807, 2.05) is 73.8 Å². The number of hydrogen-bond donors (Lipinski definition) is 1. The molecule has 0 fully saturated rings. The molecule has 0 bridgehead atoms. The van der Waals surface area contributed by atoms with Gasteiger partial charge in [-0.25, -0.2) is 4.98 Å². The fourth-order valence-electron chi connectivity index (χ4n) is 3.58. The second kappa shape index (κ2) is 9.08. The number of benzene rings is 2. The van der Waals surface area contributed by atoms with Gasteiger partial charge in [-0.1, -0.05) is 66.4 Å². The Morgan fingerprint density at radius 3 is 2.61 bits per heavy atom. The Bertz CT molecular complexity index is 1300. The van der Waals surface area contributed by atoms with Gasteiger partial charge in [0.2, 0.25) is 5.91 Å². The van der Waals surface area contributed by atoms with Gasteiger partial charge in [-0.3, -0.25) is 14.2 Å². The van der Waals surface area contributed by atoms with Crippen LogP contribution in [0.1, 0.15) is 24.1 Å². The number of carbonyl (C=O) groups is 1. The molecule has 0 aliphatic heterocycles. The van der Waals surface area contributed by atoms with Crippen molar-refractivity contribution >= 4 is 39.2 Å². The first-order chi connectivity index (χ1) is 15.0. The summed E-state index contributed by atoms with van der Waals surface area (Å²) in [6.45, 7) is 4.01. The van der Waals surface area contributed by atoms with Crippen LogP contribution in [0.15, 0.2) is 69.9 Å². The molecular weight excluding hydrogens is 426 g/mol. The van der Waals surface area contributed by atoms with Crippen molar-refractivity contribution in [3.63, 3.8) is 0 Å². The van der Waals surface area contributed by atoms with Crippen LogP contribution in [0.2, 0.25) is 0 Å². The summed E-state index contributed by atoms with van der Waals surface area (Å²) in [6, 6.07) is 17.8. The smallest absolute Gasteiger partial charge is 0.263 e. The quantitative estimate of drug-likeness (QED) is 0.335. The monoisotopic (exact) mass is 449 g/mol. The van der Waals surface area contributed by atoms with Gasteiger partial charge >= 0.3 is 0 Å². The van der Waals surface area contributed by atoms with Crippen molar-refractivity contribution in [3.8, 4) is 11.1 Å². The van der Waals surface area contributed by atoms with Crippen LogP contribution in [0.5, 0.6) is 0 Å². The third-order valence-corrected chi connectivity index (χ3v) is 7.13. The Kier molecular flexibility index (Phi) is 6.25. The van der Waals surface area contributed by atoms with Crippen LogP contribution in [0, 0.1) is 6.92 Å². The lowest BCUT2D eigenvalue weighted by Gasteiger charge is -2.16. The lowest BCUT2D eigenvalue weighted by Crippen LogP contribution is -2.29. The fourth-order valence-corrected chi connectivity index (χ4v) is 5.35. The van der Waals surface area contributed by atoms with E-state index in [1.54, 1.807) is 7.05 Å². The highest BCUT2D eigenvalue weighted by molar-refractivity contribution is 7.99. The lowest BCUT2D eigenvalue weighted by molar-refractivity contribution is -0.119. The van der Waals surface area contributed by atoms with Crippen molar-refractivity contribution in [1.29, 1.82) is 0 Å². The minimum atomic E-state index is -0.0960. The van der Waals surface area contributed by atoms with E-state index in [-0.39, 0.29) is 23.3 Å². The molecule has 4 rings (SSSR count). The molecule has 4 aromatic rings. The first kappa shape index (κ1) is 21.3. The summed E-state index contributed by atoms with van der Waals surface area (Å²) in [4.78, 5) is 30.9. The molecule has 1 N–H and O–H groups in total. The Balaban J connectivity index is 1.52. The standard InChI is InChI=1S/C24H23N3O2S2/c1-15-9-7-8-12-18(15)16(2)25-20(28)14-31-24-26-22-21(23(29)27(24)3)19(13-30-22)17-10-5-4-6-11-17/h4-13,16H,14H2,1-3H3,(H,25,28). The predicted octanol–water partition coefficient (Wildman–Crippen LogP) is 4.94. The van der Waals surface area contributed by atoms with Gasteiger partial charge in [0.15, 0.2) is 5.16 Å². The predicted molar refractivity (Wildman–Crippen MR) is 129 cm³/mol. The van der Waals surface area contributed by atoms with E-state index in [0.29, 0.717) is 15.4 Å². The molecule has 0 spiro atoms. The number of rotatable bonds is 6. The van der Waals surface area contributed by atoms with Crippen LogP contribution < -0.4 is 10.9 Å². The normalized spacial score (nSPS) is 12.1. The lowest BCUT2D eigenvalue weighted by atomic mass is 10.0. The Morgan fingerprint density at radius 1 is 1.16 bits per heavy atom. The summed E-state index contributed by atoms with van der Waals surface area (Å²) in [5.41, 5.74) is 4.04. The first-order valence-corrected chi connectivity index (χ1v) is 11.8. The van der Waals surface area contributed by atoms with E-state index in [9.17, 15) is 9.59 Å². The molecule has 0 saturated heterocycles. The summed E-state index contributed by atoms with van der Waals surface area (Å²) < 4.78 is 1.53. The van der Waals surface area contributed by atoms with Crippen LogP contribution in [-0.2, 0) is 11.8 Å². The van der Waals surface area contributed by atoms with E-state index < -0.39 is 0 Å². The summed E-state index contributed by atoms with van der Waals surface area (Å²) in [7, 11) is 1.71. The van der Waals surface area contributed by atoms with Gasteiger partial charge in [0.05, 0.1) is 17.2 Å². The molecule has 31 heavy (non-hydrogen) atoms. The summed E-state index contributed by atoms with van der Waals surface area (Å²) in [5, 5.41) is 6.17. The highest BCUT2D eigenvalue weighted by Gasteiger charge is 2.17. The molecular formula is C24H23N3O2S2. The van der Waals surface area contributed by atoms with Gasteiger partial charge in [0.1, 0.15) is 4.83 Å². The van der Waals surface area contributed by atoms with E-state index in [0.717, 1.165) is 22.3 Å². The van der Waals surface area contributed by atoms with Gasteiger partial charge in [0, 0.05) is 18.0 Å². The number of aromatic nitrogens is 2. The average Bonchev–Trinajstić information content (AvgIpc) is 3.20. The van der Waals surface area contributed by atoms with Gasteiger partial charge in [-0.15, -0.1) is 11.3 Å². The number of hydrogen-bond acceptors (Lipinski definition) is 5. The number of amides is 1. The Morgan fingerprint density at radius 2 is 1.87 bits per heavy atom. The molecule has 5 nitrogen and oxygen atoms in total. The summed E-state index contributed by atoms with van der Waals surface area (Å²) >= 11 is 2.73. The van der Waals surface area contributed by atoms with Crippen molar-refractivity contribution in [2.24, 2.45) is 7.05 Å². The summed E-state index contributed by atoms with van der Waals surface area (Å²) in [6.07, 6.45) is 0. The molecule has 2 heterocycles. The van der Waals surface area contributed by atoms with Crippen LogP contribution in [0.25, 0.3) is 21.3 Å². The molecule has 0 aliphatic carbocycles. The molecule has 0 saturated carbocycles. The fraction of sp³-hybridized carbons (Fsp3) is 0.208. The maximum atomic E-state index is 13.1. The molecule has 1 atom stereocenters. The van der Waals surface area contributed by atoms with E-state index in [2.05, 4.69) is 10.3 Å². The topological polar surface area (TPSA) is 64.0 Å². The summed E-state index contributed by atoms with van der Waals surface area (Å²) in [5.74, 6) is 0.102. The maximum absolute atomic E-state index is 13.1. The maximum Gasteiger partial charge on any atom is 0.263 e. The van der Waals surface area contributed by atoms with Crippen LogP contribution in [-0.4, -0.2) is 21.2 Å². The average molecular weight is 450 g/mol. The Hall–Kier alpha value is -2.90. The van der Waals surface area contributed by atoms with Gasteiger partial charge < -0.3 is 5.32 Å². The molecule has 2 aromatic heterocycles. The van der Waals surface area contributed by atoms with Gasteiger partial charge in [-0.05, 0) is 30.5 Å². The molecule has 158 valence electrons. The Labute approximate surface area is 189 Å². The van der Waals surface area contributed by atoms with Crippen molar-refractivity contribution < 1.29 is 4.79 Å². The zero-order chi connectivity index (χ0) is 22.0. The number of carbonyl (C=O) groups excluding carboxylic acids is 1. The van der Waals surface area contributed by atoms with E-state index >= 15 is 0 Å². The zero-order valence-corrected chi connectivity index (χ0v) is 19.2. The highest BCUT2D eigenvalue weighted by atomic mass is 32.2. The van der Waals surface area contributed by atoms with Gasteiger partial charge in [0.25, 0.3) is 5.56 Å². The third-order valence-electron chi connectivity index (χ3n) is 5.22. The van der Waals surface area contributed by atoms with Crippen molar-refractivity contribution in [2.75, 3.05) is 5.75 Å². The molecule has 2 aromatic carbocycles. The first-order valence-electron chi connectivity index (χ1n) is 9.97. The van der Waals surface area contributed by atoms with Crippen molar-refractivity contribution in [2.45, 2.75) is 25.0 Å². The SMILES string of the molecule is Cc1ccccc1C(C)NC(=O)CSc1nc2scc(-c3ccccc3)c2c(=O)n1C. The minimum Gasteiger partial charge on any atom is -0.349 e. The number of thioether (sulfide) groups is 1. The van der Waals surface area contributed by atoms with E-state index in [4.69, 9.17) is 0 Å². The minimum absolute atomic E-state index is 0.0840. The molecule has 7 heteroatoms. The number of aryl methyl sites for hydroxylation is 1. The number of fused-ring (bicyclic) bond motifs is 1. The number of nitrogens with one attached hydrogen (secondary N) is 1. The number of thiophene rings is 1. The van der Waals surface area contributed by atoms with E-state index in [1.165, 1.54) is 27.7 Å². The van der Waals surface area contributed by atoms with Crippen molar-refractivity contribution in [1.82, 2.24) is 14.9 Å². The van der Waals surface area contributed by atoms with Gasteiger partial charge in [-0.2, -0.15) is 0 Å². The largest absolute Gasteiger partial charge is 0.349 e. The molecule has 0 aliphatic rings. The second-order valence-corrected chi connectivity index (χ2v) is 9.19. The molecule has 1 unspecified atom stereocenters.